The summed E-state index contributed by atoms with van der Waals surface area (Å²) in [6.45, 7) is 5.30. The van der Waals surface area contributed by atoms with Crippen LogP contribution in [0.1, 0.15) is 19.6 Å². The summed E-state index contributed by atoms with van der Waals surface area (Å²) < 4.78 is 5.19. The molecule has 1 aromatic heterocycles. The van der Waals surface area contributed by atoms with Gasteiger partial charge >= 0.3 is 0 Å². The van der Waals surface area contributed by atoms with E-state index in [1.807, 2.05) is 30.0 Å². The maximum atomic E-state index is 5.19. The number of hydrogen-bond donors (Lipinski definition) is 1. The fourth-order valence-electron chi connectivity index (χ4n) is 1.18. The second-order valence-corrected chi connectivity index (χ2v) is 4.71. The first-order chi connectivity index (χ1) is 7.33. The Labute approximate surface area is 96.1 Å². The molecule has 0 aliphatic carbocycles. The third-order valence-corrected chi connectivity index (χ3v) is 3.13. The molecule has 0 radical (unpaired) electrons. The molecule has 2 nitrogen and oxygen atoms in total. The molecule has 3 heteroatoms. The molecule has 0 amide bonds. The molecule has 0 fully saturated rings. The molecule has 0 saturated heterocycles. The van der Waals surface area contributed by atoms with Gasteiger partial charge in [-0.05, 0) is 30.9 Å². The molecule has 0 saturated carbocycles. The van der Waals surface area contributed by atoms with E-state index in [0.717, 1.165) is 12.3 Å². The van der Waals surface area contributed by atoms with Crippen molar-refractivity contribution in [1.82, 2.24) is 5.32 Å². The first kappa shape index (κ1) is 12.4. The predicted octanol–water partition coefficient (Wildman–Crippen LogP) is 3.02. The van der Waals surface area contributed by atoms with Crippen LogP contribution in [0.3, 0.4) is 0 Å². The van der Waals surface area contributed by atoms with E-state index in [4.69, 9.17) is 4.42 Å². The van der Waals surface area contributed by atoms with Gasteiger partial charge in [0.25, 0.3) is 0 Å². The molecular formula is C12H19NOS. The highest BCUT2D eigenvalue weighted by molar-refractivity contribution is 7.99. The summed E-state index contributed by atoms with van der Waals surface area (Å²) in [6, 6.07) is 4.41. The van der Waals surface area contributed by atoms with Gasteiger partial charge in [-0.25, -0.2) is 0 Å². The fourth-order valence-corrected chi connectivity index (χ4v) is 1.89. The average molecular weight is 225 g/mol. The van der Waals surface area contributed by atoms with Crippen LogP contribution in [-0.2, 0) is 0 Å². The molecule has 0 bridgehead atoms. The second kappa shape index (κ2) is 7.60. The zero-order chi connectivity index (χ0) is 10.9. The van der Waals surface area contributed by atoms with Gasteiger partial charge in [0.1, 0.15) is 5.76 Å². The Bertz CT molecular complexity index is 269. The van der Waals surface area contributed by atoms with Gasteiger partial charge in [0, 0.05) is 18.3 Å². The van der Waals surface area contributed by atoms with Crippen molar-refractivity contribution in [3.63, 3.8) is 0 Å². The Balaban J connectivity index is 2.10. The van der Waals surface area contributed by atoms with Crippen molar-refractivity contribution in [3.8, 4) is 0 Å². The van der Waals surface area contributed by atoms with Gasteiger partial charge in [0.05, 0.1) is 6.26 Å². The van der Waals surface area contributed by atoms with Gasteiger partial charge in [-0.3, -0.25) is 0 Å². The maximum absolute atomic E-state index is 5.19. The molecule has 0 aromatic carbocycles. The van der Waals surface area contributed by atoms with Crippen molar-refractivity contribution in [2.24, 2.45) is 0 Å². The summed E-state index contributed by atoms with van der Waals surface area (Å²) in [7, 11) is 0. The third kappa shape index (κ3) is 5.70. The van der Waals surface area contributed by atoms with Crippen molar-refractivity contribution in [1.29, 1.82) is 0 Å². The first-order valence-corrected chi connectivity index (χ1v) is 6.49. The first-order valence-electron chi connectivity index (χ1n) is 5.34. The lowest BCUT2D eigenvalue weighted by Crippen LogP contribution is -2.28. The van der Waals surface area contributed by atoms with Crippen LogP contribution in [0.25, 0.3) is 6.08 Å². The van der Waals surface area contributed by atoms with Crippen LogP contribution < -0.4 is 5.32 Å². The van der Waals surface area contributed by atoms with Gasteiger partial charge in [-0.15, -0.1) is 0 Å². The lowest BCUT2D eigenvalue weighted by molar-refractivity contribution is 0.556. The summed E-state index contributed by atoms with van der Waals surface area (Å²) in [5.41, 5.74) is 0. The maximum Gasteiger partial charge on any atom is 0.126 e. The normalized spacial score (nSPS) is 13.5. The summed E-state index contributed by atoms with van der Waals surface area (Å²) in [5.74, 6) is 3.27. The molecule has 0 aliphatic heterocycles. The summed E-state index contributed by atoms with van der Waals surface area (Å²) in [5, 5.41) is 3.43. The highest BCUT2D eigenvalue weighted by atomic mass is 32.2. The zero-order valence-corrected chi connectivity index (χ0v) is 10.2. The van der Waals surface area contributed by atoms with E-state index in [1.54, 1.807) is 6.26 Å². The Hall–Kier alpha value is -0.670. The van der Waals surface area contributed by atoms with E-state index in [0.29, 0.717) is 6.04 Å². The van der Waals surface area contributed by atoms with Crippen molar-refractivity contribution in [3.05, 3.63) is 30.2 Å². The molecule has 1 aromatic rings. The number of furan rings is 1. The highest BCUT2D eigenvalue weighted by Crippen LogP contribution is 2.02. The van der Waals surface area contributed by atoms with Gasteiger partial charge in [0.15, 0.2) is 0 Å². The van der Waals surface area contributed by atoms with E-state index in [-0.39, 0.29) is 0 Å². The van der Waals surface area contributed by atoms with Gasteiger partial charge in [0.2, 0.25) is 0 Å². The Morgan fingerprint density at radius 3 is 3.13 bits per heavy atom. The molecule has 0 aliphatic rings. The number of thioether (sulfide) groups is 1. The van der Waals surface area contributed by atoms with Crippen molar-refractivity contribution in [2.75, 3.05) is 18.1 Å². The molecule has 1 unspecified atom stereocenters. The van der Waals surface area contributed by atoms with Gasteiger partial charge < -0.3 is 9.73 Å². The average Bonchev–Trinajstić information content (AvgIpc) is 2.74. The van der Waals surface area contributed by atoms with Crippen LogP contribution in [0, 0.1) is 0 Å². The monoisotopic (exact) mass is 225 g/mol. The fraction of sp³-hybridized carbons (Fsp3) is 0.500. The standard InChI is InChI=1S/C12H19NOS/c1-3-15-10-11(2)13-8-4-6-12-7-5-9-14-12/h4-7,9,11,13H,3,8,10H2,1-2H3/b6-4+. The quantitative estimate of drug-likeness (QED) is 0.772. The van der Waals surface area contributed by atoms with Crippen molar-refractivity contribution >= 4 is 17.8 Å². The van der Waals surface area contributed by atoms with Gasteiger partial charge in [-0.1, -0.05) is 13.0 Å². The number of nitrogens with one attached hydrogen (secondary N) is 1. The lowest BCUT2D eigenvalue weighted by Gasteiger charge is -2.10. The Morgan fingerprint density at radius 2 is 2.47 bits per heavy atom. The largest absolute Gasteiger partial charge is 0.465 e. The minimum atomic E-state index is 0.566. The zero-order valence-electron chi connectivity index (χ0n) is 9.40. The summed E-state index contributed by atoms with van der Waals surface area (Å²) >= 11 is 1.97. The van der Waals surface area contributed by atoms with Crippen LogP contribution in [0.4, 0.5) is 0 Å². The summed E-state index contributed by atoms with van der Waals surface area (Å²) in [6.07, 6.45) is 5.77. The number of hydrogen-bond acceptors (Lipinski definition) is 3. The molecule has 84 valence electrons. The van der Waals surface area contributed by atoms with E-state index in [9.17, 15) is 0 Å². The van der Waals surface area contributed by atoms with E-state index in [2.05, 4.69) is 25.2 Å². The van der Waals surface area contributed by atoms with Crippen LogP contribution in [0.2, 0.25) is 0 Å². The van der Waals surface area contributed by atoms with Gasteiger partial charge in [-0.2, -0.15) is 11.8 Å². The minimum Gasteiger partial charge on any atom is -0.465 e. The van der Waals surface area contributed by atoms with E-state index < -0.39 is 0 Å². The smallest absolute Gasteiger partial charge is 0.126 e. The highest BCUT2D eigenvalue weighted by Gasteiger charge is 1.97. The third-order valence-electron chi connectivity index (χ3n) is 1.98. The SMILES string of the molecule is CCSCC(C)NC/C=C/c1ccco1. The Kier molecular flexibility index (Phi) is 6.28. The van der Waals surface area contributed by atoms with Crippen molar-refractivity contribution < 1.29 is 4.42 Å². The summed E-state index contributed by atoms with van der Waals surface area (Å²) in [4.78, 5) is 0. The van der Waals surface area contributed by atoms with E-state index >= 15 is 0 Å². The van der Waals surface area contributed by atoms with Crippen LogP contribution in [0.5, 0.6) is 0 Å². The molecule has 1 N–H and O–H groups in total. The van der Waals surface area contributed by atoms with Crippen molar-refractivity contribution in [2.45, 2.75) is 19.9 Å². The molecular weight excluding hydrogens is 206 g/mol. The van der Waals surface area contributed by atoms with Crippen LogP contribution in [-0.4, -0.2) is 24.1 Å². The Morgan fingerprint density at radius 1 is 1.60 bits per heavy atom. The molecule has 1 heterocycles. The van der Waals surface area contributed by atoms with Crippen LogP contribution >= 0.6 is 11.8 Å². The van der Waals surface area contributed by atoms with E-state index in [1.165, 1.54) is 11.5 Å². The van der Waals surface area contributed by atoms with Crippen LogP contribution in [0.15, 0.2) is 28.9 Å². The second-order valence-electron chi connectivity index (χ2n) is 3.39. The predicted molar refractivity (Wildman–Crippen MR) is 68.2 cm³/mol. The lowest BCUT2D eigenvalue weighted by atomic mass is 10.3. The minimum absolute atomic E-state index is 0.566. The number of rotatable bonds is 7. The molecule has 15 heavy (non-hydrogen) atoms. The molecule has 1 rings (SSSR count). The molecule has 1 atom stereocenters. The molecule has 0 spiro atoms. The topological polar surface area (TPSA) is 25.2 Å².